The highest BCUT2D eigenvalue weighted by atomic mass is 35.5. The Balaban J connectivity index is 1.53. The largest absolute Gasteiger partial charge is 0.497 e. The molecule has 0 radical (unpaired) electrons. The number of methoxy groups -OCH3 is 1. The van der Waals surface area contributed by atoms with E-state index in [1.54, 1.807) is 25.6 Å². The zero-order chi connectivity index (χ0) is 21.4. The minimum absolute atomic E-state index is 0.331. The minimum atomic E-state index is -0.380. The normalized spacial score (nSPS) is 11.3. The highest BCUT2D eigenvalue weighted by Gasteiger charge is 2.21. The SMILES string of the molecule is COc1ccc(Cn2cnc3c4nc(=O)n(Cc5ccc(Cl)cc5)c-4ncnc32)cc1. The lowest BCUT2D eigenvalue weighted by atomic mass is 10.2. The van der Waals surface area contributed by atoms with Crippen LogP contribution in [0.4, 0.5) is 0 Å². The Hall–Kier alpha value is -3.78. The van der Waals surface area contributed by atoms with Crippen molar-refractivity contribution in [2.24, 2.45) is 0 Å². The zero-order valence-electron chi connectivity index (χ0n) is 16.6. The highest BCUT2D eigenvalue weighted by Crippen LogP contribution is 2.24. The van der Waals surface area contributed by atoms with Crippen LogP contribution < -0.4 is 10.4 Å². The zero-order valence-corrected chi connectivity index (χ0v) is 17.3. The summed E-state index contributed by atoms with van der Waals surface area (Å²) in [5, 5.41) is 0.638. The fraction of sp³-hybridized carbons (Fsp3) is 0.136. The quantitative estimate of drug-likeness (QED) is 0.423. The van der Waals surface area contributed by atoms with E-state index >= 15 is 0 Å². The second kappa shape index (κ2) is 7.81. The Kier molecular flexibility index (Phi) is 4.83. The maximum atomic E-state index is 12.6. The van der Waals surface area contributed by atoms with E-state index in [9.17, 15) is 4.79 Å². The predicted octanol–water partition coefficient (Wildman–Crippen LogP) is 3.25. The van der Waals surface area contributed by atoms with Crippen LogP contribution in [-0.4, -0.2) is 36.2 Å². The van der Waals surface area contributed by atoms with E-state index in [0.29, 0.717) is 40.8 Å². The third kappa shape index (κ3) is 3.62. The van der Waals surface area contributed by atoms with Crippen molar-refractivity contribution < 1.29 is 4.74 Å². The lowest BCUT2D eigenvalue weighted by Crippen LogP contribution is -2.17. The number of ether oxygens (including phenoxy) is 1. The molecule has 3 aromatic rings. The molecule has 1 aromatic heterocycles. The van der Waals surface area contributed by atoms with Gasteiger partial charge in [0.1, 0.15) is 23.3 Å². The van der Waals surface area contributed by atoms with Crippen LogP contribution in [0.1, 0.15) is 11.1 Å². The molecule has 0 N–H and O–H groups in total. The lowest BCUT2D eigenvalue weighted by Gasteiger charge is -2.04. The molecule has 0 fully saturated rings. The number of nitrogens with zero attached hydrogens (tertiary/aromatic N) is 6. The molecular formula is C22H17ClN6O2. The number of imidazole rings is 2. The summed E-state index contributed by atoms with van der Waals surface area (Å²) in [6, 6.07) is 15.1. The molecule has 0 spiro atoms. The van der Waals surface area contributed by atoms with Crippen LogP contribution in [0.2, 0.25) is 5.02 Å². The molecule has 0 amide bonds. The summed E-state index contributed by atoms with van der Waals surface area (Å²) < 4.78 is 8.63. The van der Waals surface area contributed by atoms with Crippen molar-refractivity contribution in [2.45, 2.75) is 13.1 Å². The molecule has 8 nitrogen and oxygen atoms in total. The van der Waals surface area contributed by atoms with Crippen LogP contribution in [-0.2, 0) is 13.1 Å². The first-order valence-electron chi connectivity index (χ1n) is 9.56. The molecule has 0 saturated carbocycles. The van der Waals surface area contributed by atoms with Crippen LogP contribution in [0.5, 0.6) is 5.75 Å². The summed E-state index contributed by atoms with van der Waals surface area (Å²) in [7, 11) is 1.64. The fourth-order valence-corrected chi connectivity index (χ4v) is 3.61. The minimum Gasteiger partial charge on any atom is -0.497 e. The van der Waals surface area contributed by atoms with Gasteiger partial charge in [0.15, 0.2) is 11.5 Å². The summed E-state index contributed by atoms with van der Waals surface area (Å²) in [5.74, 6) is 1.24. The first-order chi connectivity index (χ1) is 15.1. The molecule has 154 valence electrons. The van der Waals surface area contributed by atoms with Gasteiger partial charge in [-0.15, -0.1) is 0 Å². The molecule has 2 aliphatic heterocycles. The number of aromatic nitrogens is 6. The first-order valence-corrected chi connectivity index (χ1v) is 9.94. The summed E-state index contributed by atoms with van der Waals surface area (Å²) in [6.45, 7) is 0.895. The summed E-state index contributed by atoms with van der Waals surface area (Å²) in [4.78, 5) is 30.2. The van der Waals surface area contributed by atoms with E-state index < -0.39 is 0 Å². The molecule has 0 saturated heterocycles. The van der Waals surface area contributed by atoms with Crippen LogP contribution in [0.15, 0.2) is 66.0 Å². The molecule has 2 aromatic carbocycles. The van der Waals surface area contributed by atoms with E-state index in [-0.39, 0.29) is 5.69 Å². The first kappa shape index (κ1) is 19.2. The van der Waals surface area contributed by atoms with Crippen LogP contribution >= 0.6 is 11.6 Å². The summed E-state index contributed by atoms with van der Waals surface area (Å²) >= 11 is 5.96. The fourth-order valence-electron chi connectivity index (χ4n) is 3.49. The van der Waals surface area contributed by atoms with Crippen LogP contribution in [0, 0.1) is 0 Å². The van der Waals surface area contributed by atoms with Crippen molar-refractivity contribution in [3.8, 4) is 17.3 Å². The molecule has 0 unspecified atom stereocenters. The molecule has 9 heteroatoms. The Bertz CT molecular complexity index is 1390. The number of fused-ring (bicyclic) bond motifs is 3. The molecule has 0 aliphatic carbocycles. The predicted molar refractivity (Wildman–Crippen MR) is 117 cm³/mol. The number of halogens is 1. The van der Waals surface area contributed by atoms with Crippen molar-refractivity contribution in [1.82, 2.24) is 29.1 Å². The highest BCUT2D eigenvalue weighted by molar-refractivity contribution is 6.30. The third-order valence-electron chi connectivity index (χ3n) is 5.07. The molecule has 0 bridgehead atoms. The van der Waals surface area contributed by atoms with Gasteiger partial charge in [-0.3, -0.25) is 4.57 Å². The van der Waals surface area contributed by atoms with Gasteiger partial charge in [-0.2, -0.15) is 4.98 Å². The van der Waals surface area contributed by atoms with E-state index in [0.717, 1.165) is 16.9 Å². The number of hydrogen-bond donors (Lipinski definition) is 0. The van der Waals surface area contributed by atoms with Crippen LogP contribution in [0.25, 0.3) is 22.7 Å². The summed E-state index contributed by atoms with van der Waals surface area (Å²) in [6.07, 6.45) is 3.14. The molecule has 3 heterocycles. The van der Waals surface area contributed by atoms with Gasteiger partial charge < -0.3 is 9.30 Å². The number of rotatable bonds is 5. The lowest BCUT2D eigenvalue weighted by molar-refractivity contribution is 0.414. The molecule has 0 atom stereocenters. The molecule has 2 aliphatic rings. The van der Waals surface area contributed by atoms with E-state index in [1.807, 2.05) is 41.0 Å². The van der Waals surface area contributed by atoms with Gasteiger partial charge in [0.25, 0.3) is 0 Å². The number of benzene rings is 2. The van der Waals surface area contributed by atoms with Crippen LogP contribution in [0.3, 0.4) is 0 Å². The number of hydrogen-bond acceptors (Lipinski definition) is 6. The molecule has 31 heavy (non-hydrogen) atoms. The maximum absolute atomic E-state index is 12.6. The van der Waals surface area contributed by atoms with Crippen molar-refractivity contribution in [3.05, 3.63) is 87.8 Å². The van der Waals surface area contributed by atoms with E-state index in [4.69, 9.17) is 16.3 Å². The monoisotopic (exact) mass is 432 g/mol. The van der Waals surface area contributed by atoms with E-state index in [1.165, 1.54) is 10.9 Å². The van der Waals surface area contributed by atoms with E-state index in [2.05, 4.69) is 19.9 Å². The second-order valence-electron chi connectivity index (χ2n) is 7.05. The van der Waals surface area contributed by atoms with Gasteiger partial charge in [-0.1, -0.05) is 35.9 Å². The van der Waals surface area contributed by atoms with Crippen molar-refractivity contribution in [2.75, 3.05) is 7.11 Å². The smallest absolute Gasteiger partial charge is 0.350 e. The van der Waals surface area contributed by atoms with Gasteiger partial charge in [0.2, 0.25) is 0 Å². The average molecular weight is 433 g/mol. The second-order valence-corrected chi connectivity index (χ2v) is 7.48. The molecule has 5 rings (SSSR count). The van der Waals surface area contributed by atoms with Crippen molar-refractivity contribution in [1.29, 1.82) is 0 Å². The van der Waals surface area contributed by atoms with Gasteiger partial charge in [0, 0.05) is 5.02 Å². The van der Waals surface area contributed by atoms with Gasteiger partial charge in [-0.25, -0.2) is 19.7 Å². The standard InChI is InChI=1S/C22H17ClN6O2/c1-31-17-8-4-14(5-9-17)10-28-13-26-18-19-21(25-12-24-20(18)28)29(22(30)27-19)11-15-2-6-16(23)7-3-15/h2-9,12-13H,10-11H2,1H3. The van der Waals surface area contributed by atoms with Gasteiger partial charge in [-0.05, 0) is 35.4 Å². The average Bonchev–Trinajstić information content (AvgIpc) is 3.25. The molecular weight excluding hydrogens is 416 g/mol. The maximum Gasteiger partial charge on any atom is 0.350 e. The van der Waals surface area contributed by atoms with Crippen molar-refractivity contribution >= 4 is 22.8 Å². The van der Waals surface area contributed by atoms with Gasteiger partial charge in [0.05, 0.1) is 26.5 Å². The third-order valence-corrected chi connectivity index (χ3v) is 5.32. The Labute approximate surface area is 182 Å². The Morgan fingerprint density at radius 3 is 2.39 bits per heavy atom. The van der Waals surface area contributed by atoms with Crippen molar-refractivity contribution in [3.63, 3.8) is 0 Å². The Morgan fingerprint density at radius 1 is 0.935 bits per heavy atom. The summed E-state index contributed by atoms with van der Waals surface area (Å²) in [5.41, 5.74) is 3.18. The topological polar surface area (TPSA) is 87.7 Å². The van der Waals surface area contributed by atoms with Gasteiger partial charge >= 0.3 is 5.69 Å². The Morgan fingerprint density at radius 2 is 1.65 bits per heavy atom.